The molecule has 0 aliphatic carbocycles. The number of rotatable bonds is 12. The number of hydrogen-bond acceptors (Lipinski definition) is 6. The lowest BCUT2D eigenvalue weighted by Crippen LogP contribution is -2.48. The second-order valence-electron chi connectivity index (χ2n) is 7.84. The lowest BCUT2D eigenvalue weighted by molar-refractivity contribution is 0.249. The van der Waals surface area contributed by atoms with Gasteiger partial charge in [-0.2, -0.15) is 4.98 Å². The smallest absolute Gasteiger partial charge is 0.330 e. The van der Waals surface area contributed by atoms with E-state index in [1.165, 1.54) is 4.90 Å². The van der Waals surface area contributed by atoms with Crippen LogP contribution >= 0.6 is 0 Å². The number of nitrogens with zero attached hydrogens (tertiary/aromatic N) is 5. The molecule has 2 heterocycles. The highest BCUT2D eigenvalue weighted by atomic mass is 19.1. The third-order valence-corrected chi connectivity index (χ3v) is 5.82. The molecular weight excluding hydrogens is 423 g/mol. The number of hydrogen-bond donors (Lipinski definition) is 1. The highest BCUT2D eigenvalue weighted by Crippen LogP contribution is 2.34. The van der Waals surface area contributed by atoms with Crippen molar-refractivity contribution in [2.24, 2.45) is 0 Å². The fraction of sp³-hybridized carbons (Fsp3) is 0.542. The van der Waals surface area contributed by atoms with E-state index in [0.29, 0.717) is 24.9 Å². The van der Waals surface area contributed by atoms with Crippen LogP contribution in [-0.4, -0.2) is 60.2 Å². The van der Waals surface area contributed by atoms with Gasteiger partial charge >= 0.3 is 6.03 Å². The molecule has 9 heteroatoms. The molecule has 1 aromatic carbocycles. The van der Waals surface area contributed by atoms with Crippen molar-refractivity contribution in [3.05, 3.63) is 35.8 Å². The van der Waals surface area contributed by atoms with Crippen molar-refractivity contribution in [3.63, 3.8) is 0 Å². The van der Waals surface area contributed by atoms with E-state index in [-0.39, 0.29) is 24.0 Å². The van der Waals surface area contributed by atoms with Crippen molar-refractivity contribution >= 4 is 23.5 Å². The minimum atomic E-state index is -0.545. The highest BCUT2D eigenvalue weighted by Gasteiger charge is 2.34. The maximum Gasteiger partial charge on any atom is 0.330 e. The SMILES string of the molecule is CCOc1cccc(N2Cc3cnc(NCCCCN(CC)CC)nc3N(CC)C2=O)c1F. The minimum absolute atomic E-state index is 0.133. The number of carbonyl (C=O) groups is 1. The summed E-state index contributed by atoms with van der Waals surface area (Å²) >= 11 is 0. The van der Waals surface area contributed by atoms with E-state index in [1.54, 1.807) is 36.2 Å². The van der Waals surface area contributed by atoms with Gasteiger partial charge in [-0.25, -0.2) is 14.2 Å². The third-order valence-electron chi connectivity index (χ3n) is 5.82. The lowest BCUT2D eigenvalue weighted by Gasteiger charge is -2.35. The third kappa shape index (κ3) is 5.71. The van der Waals surface area contributed by atoms with E-state index in [9.17, 15) is 4.79 Å². The van der Waals surface area contributed by atoms with E-state index >= 15 is 4.39 Å². The van der Waals surface area contributed by atoms with Gasteiger partial charge in [-0.3, -0.25) is 9.80 Å². The maximum absolute atomic E-state index is 15.0. The van der Waals surface area contributed by atoms with Gasteiger partial charge in [0, 0.05) is 24.8 Å². The van der Waals surface area contributed by atoms with E-state index in [1.807, 2.05) is 6.92 Å². The standard InChI is InChI=1S/C24H35FN6O2/c1-5-29(6-2)15-10-9-14-26-23-27-16-18-17-31(24(32)30(7-3)22(18)28-23)19-12-11-13-20(21(19)25)33-8-4/h11-13,16H,5-10,14-15,17H2,1-4H3,(H,26,27,28). The Morgan fingerprint density at radius 1 is 1.18 bits per heavy atom. The summed E-state index contributed by atoms with van der Waals surface area (Å²) < 4.78 is 20.4. The number of amides is 2. The van der Waals surface area contributed by atoms with Crippen LogP contribution in [0.4, 0.5) is 26.6 Å². The molecule has 0 saturated heterocycles. The summed E-state index contributed by atoms with van der Waals surface area (Å²) in [7, 11) is 0. The van der Waals surface area contributed by atoms with Crippen LogP contribution in [0.25, 0.3) is 0 Å². The Balaban J connectivity index is 1.72. The maximum atomic E-state index is 15.0. The van der Waals surface area contributed by atoms with Crippen LogP contribution in [0.15, 0.2) is 24.4 Å². The van der Waals surface area contributed by atoms with Crippen molar-refractivity contribution in [1.29, 1.82) is 0 Å². The molecule has 2 aromatic rings. The topological polar surface area (TPSA) is 73.8 Å². The molecule has 1 aliphatic rings. The Kier molecular flexibility index (Phi) is 8.82. The van der Waals surface area contributed by atoms with Gasteiger partial charge in [-0.1, -0.05) is 19.9 Å². The molecule has 0 fully saturated rings. The molecule has 0 bridgehead atoms. The average molecular weight is 459 g/mol. The van der Waals surface area contributed by atoms with E-state index in [4.69, 9.17) is 4.74 Å². The molecule has 1 aromatic heterocycles. The highest BCUT2D eigenvalue weighted by molar-refractivity contribution is 6.05. The predicted octanol–water partition coefficient (Wildman–Crippen LogP) is 4.51. The molecule has 2 amide bonds. The normalized spacial score (nSPS) is 13.5. The Morgan fingerprint density at radius 2 is 1.97 bits per heavy atom. The number of benzene rings is 1. The van der Waals surface area contributed by atoms with Crippen LogP contribution in [0.5, 0.6) is 5.75 Å². The van der Waals surface area contributed by atoms with Gasteiger partial charge < -0.3 is 15.0 Å². The van der Waals surface area contributed by atoms with E-state index in [0.717, 1.165) is 44.6 Å². The van der Waals surface area contributed by atoms with Crippen LogP contribution in [0.3, 0.4) is 0 Å². The summed E-state index contributed by atoms with van der Waals surface area (Å²) in [5.74, 6) is 0.658. The molecule has 3 rings (SSSR count). The zero-order valence-electron chi connectivity index (χ0n) is 20.1. The molecule has 8 nitrogen and oxygen atoms in total. The first-order valence-electron chi connectivity index (χ1n) is 11.9. The molecule has 0 radical (unpaired) electrons. The van der Waals surface area contributed by atoms with Crippen molar-refractivity contribution < 1.29 is 13.9 Å². The van der Waals surface area contributed by atoms with Gasteiger partial charge in [-0.05, 0) is 58.5 Å². The molecule has 33 heavy (non-hydrogen) atoms. The summed E-state index contributed by atoms with van der Waals surface area (Å²) in [6.45, 7) is 12.9. The number of anilines is 3. The summed E-state index contributed by atoms with van der Waals surface area (Å²) in [5, 5.41) is 3.27. The molecular formula is C24H35FN6O2. The van der Waals surface area contributed by atoms with Gasteiger partial charge in [0.15, 0.2) is 11.6 Å². The van der Waals surface area contributed by atoms with Crippen LogP contribution in [0, 0.1) is 5.82 Å². The lowest BCUT2D eigenvalue weighted by atomic mass is 10.1. The molecule has 180 valence electrons. The quantitative estimate of drug-likeness (QED) is 0.472. The largest absolute Gasteiger partial charge is 0.491 e. The van der Waals surface area contributed by atoms with Crippen LogP contribution < -0.4 is 19.9 Å². The number of ether oxygens (including phenoxy) is 1. The first kappa shape index (κ1) is 24.7. The van der Waals surface area contributed by atoms with Gasteiger partial charge in [0.25, 0.3) is 0 Å². The first-order chi connectivity index (χ1) is 16.0. The number of fused-ring (bicyclic) bond motifs is 1. The number of carbonyl (C=O) groups excluding carboxylic acids is 1. The summed E-state index contributed by atoms with van der Waals surface area (Å²) in [6, 6.07) is 4.52. The Bertz CT molecular complexity index is 937. The van der Waals surface area contributed by atoms with Gasteiger partial charge in [-0.15, -0.1) is 0 Å². The van der Waals surface area contributed by atoms with E-state index < -0.39 is 5.82 Å². The van der Waals surface area contributed by atoms with Crippen molar-refractivity contribution in [3.8, 4) is 5.75 Å². The predicted molar refractivity (Wildman–Crippen MR) is 130 cm³/mol. The molecule has 0 unspecified atom stereocenters. The molecule has 0 saturated carbocycles. The van der Waals surface area contributed by atoms with Crippen molar-refractivity contribution in [2.75, 3.05) is 54.4 Å². The van der Waals surface area contributed by atoms with Crippen molar-refractivity contribution in [1.82, 2.24) is 14.9 Å². The first-order valence-corrected chi connectivity index (χ1v) is 11.9. The van der Waals surface area contributed by atoms with E-state index in [2.05, 4.69) is 34.0 Å². The fourth-order valence-corrected chi connectivity index (χ4v) is 3.95. The number of halogens is 1. The zero-order chi connectivity index (χ0) is 23.8. The number of urea groups is 1. The van der Waals surface area contributed by atoms with Gasteiger partial charge in [0.1, 0.15) is 5.82 Å². The Morgan fingerprint density at radius 3 is 2.67 bits per heavy atom. The van der Waals surface area contributed by atoms with Gasteiger partial charge in [0.05, 0.1) is 18.8 Å². The number of nitrogens with one attached hydrogen (secondary N) is 1. The average Bonchev–Trinajstić information content (AvgIpc) is 2.83. The molecule has 1 N–H and O–H groups in total. The van der Waals surface area contributed by atoms with Crippen LogP contribution in [0.2, 0.25) is 0 Å². The van der Waals surface area contributed by atoms with Crippen LogP contribution in [-0.2, 0) is 6.54 Å². The minimum Gasteiger partial charge on any atom is -0.491 e. The fourth-order valence-electron chi connectivity index (χ4n) is 3.95. The Labute approximate surface area is 195 Å². The number of unbranched alkanes of at least 4 members (excludes halogenated alkanes) is 1. The summed E-state index contributed by atoms with van der Waals surface area (Å²) in [5.41, 5.74) is 0.954. The Hall–Kier alpha value is -2.94. The van der Waals surface area contributed by atoms with Crippen molar-refractivity contribution in [2.45, 2.75) is 47.1 Å². The molecule has 0 spiro atoms. The second kappa shape index (κ2) is 11.8. The monoisotopic (exact) mass is 458 g/mol. The molecule has 1 aliphatic heterocycles. The number of aromatic nitrogens is 2. The summed E-state index contributed by atoms with van der Waals surface area (Å²) in [6.07, 6.45) is 3.82. The summed E-state index contributed by atoms with van der Waals surface area (Å²) in [4.78, 5) is 27.6. The van der Waals surface area contributed by atoms with Crippen LogP contribution in [0.1, 0.15) is 46.1 Å². The van der Waals surface area contributed by atoms with Gasteiger partial charge in [0.2, 0.25) is 5.95 Å². The second-order valence-corrected chi connectivity index (χ2v) is 7.84. The zero-order valence-corrected chi connectivity index (χ0v) is 20.1. The molecule has 0 atom stereocenters.